The van der Waals surface area contributed by atoms with Crippen molar-refractivity contribution in [3.63, 3.8) is 0 Å². The average molecular weight is 249 g/mol. The summed E-state index contributed by atoms with van der Waals surface area (Å²) < 4.78 is 25.8. The molecule has 16 heavy (non-hydrogen) atoms. The molecule has 0 fully saturated rings. The smallest absolute Gasteiger partial charge is 0.310 e. The van der Waals surface area contributed by atoms with Crippen molar-refractivity contribution in [2.75, 3.05) is 12.8 Å². The fraction of sp³-hybridized carbons (Fsp3) is 0.700. The number of nitrogens with one attached hydrogen (secondary N) is 1. The fourth-order valence-electron chi connectivity index (χ4n) is 1.28. The lowest BCUT2D eigenvalue weighted by Crippen LogP contribution is -2.20. The summed E-state index contributed by atoms with van der Waals surface area (Å²) in [5, 5.41) is 3.70. The summed E-state index contributed by atoms with van der Waals surface area (Å²) in [4.78, 5) is 3.89. The van der Waals surface area contributed by atoms with Gasteiger partial charge in [0.1, 0.15) is 5.82 Å². The minimum absolute atomic E-state index is 0.381. The third-order valence-corrected chi connectivity index (χ3v) is 3.41. The van der Waals surface area contributed by atoms with Gasteiger partial charge < -0.3 is 5.32 Å². The van der Waals surface area contributed by atoms with Crippen LogP contribution in [0.3, 0.4) is 0 Å². The standard InChI is InChI=1S/C10H17F2N3S/c1-8(16-2)3-4-13-7-9-14-5-6-15(9)10(11)12/h5-6,8,10,13H,3-4,7H2,1-2H3. The predicted molar refractivity (Wildman–Crippen MR) is 62.8 cm³/mol. The van der Waals surface area contributed by atoms with E-state index in [2.05, 4.69) is 23.5 Å². The van der Waals surface area contributed by atoms with Crippen LogP contribution in [0.4, 0.5) is 8.78 Å². The van der Waals surface area contributed by atoms with Crippen LogP contribution in [0, 0.1) is 0 Å². The SMILES string of the molecule is CSC(C)CCNCc1nccn1C(F)F. The van der Waals surface area contributed by atoms with E-state index in [0.29, 0.717) is 17.6 Å². The van der Waals surface area contributed by atoms with Crippen LogP contribution in [0.1, 0.15) is 25.7 Å². The van der Waals surface area contributed by atoms with E-state index in [4.69, 9.17) is 0 Å². The zero-order chi connectivity index (χ0) is 12.0. The Morgan fingerprint density at radius 2 is 2.31 bits per heavy atom. The van der Waals surface area contributed by atoms with Crippen LogP contribution in [0.15, 0.2) is 12.4 Å². The first-order valence-corrected chi connectivity index (χ1v) is 6.47. The first kappa shape index (κ1) is 13.4. The number of hydrogen-bond acceptors (Lipinski definition) is 3. The molecule has 1 N–H and O–H groups in total. The van der Waals surface area contributed by atoms with E-state index in [1.165, 1.54) is 12.4 Å². The number of rotatable bonds is 7. The number of imidazole rings is 1. The fourth-order valence-corrected chi connectivity index (χ4v) is 1.64. The second-order valence-electron chi connectivity index (χ2n) is 3.54. The van der Waals surface area contributed by atoms with Crippen molar-refractivity contribution < 1.29 is 8.78 Å². The molecule has 0 aliphatic rings. The van der Waals surface area contributed by atoms with Gasteiger partial charge >= 0.3 is 6.55 Å². The summed E-state index contributed by atoms with van der Waals surface area (Å²) in [5.41, 5.74) is 0. The van der Waals surface area contributed by atoms with Gasteiger partial charge in [0.2, 0.25) is 0 Å². The maximum atomic E-state index is 12.4. The highest BCUT2D eigenvalue weighted by Gasteiger charge is 2.10. The van der Waals surface area contributed by atoms with E-state index in [1.807, 2.05) is 0 Å². The van der Waals surface area contributed by atoms with E-state index < -0.39 is 6.55 Å². The van der Waals surface area contributed by atoms with Gasteiger partial charge in [-0.3, -0.25) is 4.57 Å². The van der Waals surface area contributed by atoms with Crippen LogP contribution in [0.5, 0.6) is 0 Å². The number of halogens is 2. The molecule has 0 saturated carbocycles. The van der Waals surface area contributed by atoms with Crippen molar-refractivity contribution >= 4 is 11.8 Å². The highest BCUT2D eigenvalue weighted by Crippen LogP contribution is 2.12. The molecule has 1 heterocycles. The largest absolute Gasteiger partial charge is 0.319 e. The molecular formula is C10H17F2N3S. The highest BCUT2D eigenvalue weighted by atomic mass is 32.2. The first-order chi connectivity index (χ1) is 7.65. The molecule has 1 aromatic rings. The van der Waals surface area contributed by atoms with E-state index in [0.717, 1.165) is 17.5 Å². The number of nitrogens with zero attached hydrogens (tertiary/aromatic N) is 2. The predicted octanol–water partition coefficient (Wildman–Crippen LogP) is 2.51. The van der Waals surface area contributed by atoms with E-state index in [9.17, 15) is 8.78 Å². The van der Waals surface area contributed by atoms with E-state index in [1.54, 1.807) is 11.8 Å². The van der Waals surface area contributed by atoms with Crippen molar-refractivity contribution in [1.29, 1.82) is 0 Å². The molecule has 92 valence electrons. The number of alkyl halides is 2. The maximum absolute atomic E-state index is 12.4. The third kappa shape index (κ3) is 4.09. The molecule has 0 saturated heterocycles. The Balaban J connectivity index is 2.29. The van der Waals surface area contributed by atoms with Crippen LogP contribution in [-0.4, -0.2) is 27.6 Å². The topological polar surface area (TPSA) is 29.9 Å². The summed E-state index contributed by atoms with van der Waals surface area (Å²) in [7, 11) is 0. The summed E-state index contributed by atoms with van der Waals surface area (Å²) in [6.07, 6.45) is 5.78. The number of hydrogen-bond donors (Lipinski definition) is 1. The summed E-state index contributed by atoms with van der Waals surface area (Å²) in [6, 6.07) is 0. The Morgan fingerprint density at radius 3 is 2.94 bits per heavy atom. The molecule has 0 radical (unpaired) electrons. The van der Waals surface area contributed by atoms with Gasteiger partial charge in [0.05, 0.1) is 6.54 Å². The summed E-state index contributed by atoms with van der Waals surface area (Å²) >= 11 is 1.80. The molecule has 0 aliphatic carbocycles. The van der Waals surface area contributed by atoms with Crippen LogP contribution in [0.25, 0.3) is 0 Å². The molecule has 1 aromatic heterocycles. The molecule has 6 heteroatoms. The van der Waals surface area contributed by atoms with Crippen molar-refractivity contribution in [3.05, 3.63) is 18.2 Å². The Bertz CT molecular complexity index is 304. The molecular weight excluding hydrogens is 232 g/mol. The average Bonchev–Trinajstić information content (AvgIpc) is 2.72. The van der Waals surface area contributed by atoms with Crippen LogP contribution < -0.4 is 5.32 Å². The normalized spacial score (nSPS) is 13.3. The number of aromatic nitrogens is 2. The minimum Gasteiger partial charge on any atom is -0.310 e. The molecule has 0 amide bonds. The zero-order valence-electron chi connectivity index (χ0n) is 9.49. The molecule has 1 atom stereocenters. The zero-order valence-corrected chi connectivity index (χ0v) is 10.3. The monoisotopic (exact) mass is 249 g/mol. The van der Waals surface area contributed by atoms with Gasteiger partial charge in [0, 0.05) is 17.6 Å². The van der Waals surface area contributed by atoms with Crippen molar-refractivity contribution in [2.45, 2.75) is 31.7 Å². The molecule has 0 bridgehead atoms. The lowest BCUT2D eigenvalue weighted by molar-refractivity contribution is 0.0666. The lowest BCUT2D eigenvalue weighted by atomic mass is 10.3. The Labute approximate surface area is 98.6 Å². The van der Waals surface area contributed by atoms with Gasteiger partial charge in [0.15, 0.2) is 0 Å². The third-order valence-electron chi connectivity index (χ3n) is 2.37. The minimum atomic E-state index is -2.51. The van der Waals surface area contributed by atoms with E-state index in [-0.39, 0.29) is 0 Å². The van der Waals surface area contributed by atoms with Crippen molar-refractivity contribution in [2.24, 2.45) is 0 Å². The molecule has 1 unspecified atom stereocenters. The molecule has 0 spiro atoms. The van der Waals surface area contributed by atoms with Gasteiger partial charge in [0.25, 0.3) is 0 Å². The van der Waals surface area contributed by atoms with Crippen molar-refractivity contribution in [3.8, 4) is 0 Å². The van der Waals surface area contributed by atoms with Crippen molar-refractivity contribution in [1.82, 2.24) is 14.9 Å². The van der Waals surface area contributed by atoms with Gasteiger partial charge in [-0.05, 0) is 19.2 Å². The van der Waals surface area contributed by atoms with Crippen LogP contribution in [-0.2, 0) is 6.54 Å². The van der Waals surface area contributed by atoms with Gasteiger partial charge in [-0.25, -0.2) is 4.98 Å². The molecule has 0 aromatic carbocycles. The second-order valence-corrected chi connectivity index (χ2v) is 4.82. The Kier molecular flexibility index (Phi) is 5.76. The quantitative estimate of drug-likeness (QED) is 0.753. The molecule has 0 aliphatic heterocycles. The Hall–Kier alpha value is -0.620. The highest BCUT2D eigenvalue weighted by molar-refractivity contribution is 7.99. The summed E-state index contributed by atoms with van der Waals surface area (Å²) in [6.45, 7) is 0.840. The lowest BCUT2D eigenvalue weighted by Gasteiger charge is -2.10. The first-order valence-electron chi connectivity index (χ1n) is 5.18. The van der Waals surface area contributed by atoms with Gasteiger partial charge in [-0.1, -0.05) is 6.92 Å². The second kappa shape index (κ2) is 6.85. The Morgan fingerprint density at radius 1 is 1.56 bits per heavy atom. The van der Waals surface area contributed by atoms with Gasteiger partial charge in [-0.2, -0.15) is 20.5 Å². The van der Waals surface area contributed by atoms with E-state index >= 15 is 0 Å². The molecule has 1 rings (SSSR count). The summed E-state index contributed by atoms with van der Waals surface area (Å²) in [5.74, 6) is 0.381. The van der Waals surface area contributed by atoms with Gasteiger partial charge in [-0.15, -0.1) is 0 Å². The maximum Gasteiger partial charge on any atom is 0.319 e. The number of thioether (sulfide) groups is 1. The molecule has 3 nitrogen and oxygen atoms in total. The van der Waals surface area contributed by atoms with Crippen LogP contribution in [0.2, 0.25) is 0 Å². The van der Waals surface area contributed by atoms with Crippen LogP contribution >= 0.6 is 11.8 Å².